The monoisotopic (exact) mass is 255 g/mol. The fourth-order valence-corrected chi connectivity index (χ4v) is 2.41. The molecule has 1 aliphatic heterocycles. The highest BCUT2D eigenvalue weighted by Crippen LogP contribution is 2.25. The second-order valence-corrected chi connectivity index (χ2v) is 4.77. The molecule has 1 aliphatic rings. The lowest BCUT2D eigenvalue weighted by Crippen LogP contribution is -2.29. The van der Waals surface area contributed by atoms with E-state index in [1.54, 1.807) is 6.20 Å². The number of hydrazine groups is 1. The van der Waals surface area contributed by atoms with E-state index in [4.69, 9.17) is 10.6 Å². The number of nitrogens with zero attached hydrogens (tertiary/aromatic N) is 1. The van der Waals surface area contributed by atoms with Crippen LogP contribution in [-0.4, -0.2) is 4.98 Å². The Morgan fingerprint density at radius 1 is 1.21 bits per heavy atom. The van der Waals surface area contributed by atoms with Crippen molar-refractivity contribution >= 4 is 0 Å². The number of rotatable bonds is 4. The lowest BCUT2D eigenvalue weighted by atomic mass is 9.98. The molecule has 0 amide bonds. The summed E-state index contributed by atoms with van der Waals surface area (Å²) < 4.78 is 5.44. The number of fused-ring (bicyclic) bond motifs is 1. The van der Waals surface area contributed by atoms with E-state index in [0.29, 0.717) is 6.61 Å². The predicted molar refractivity (Wildman–Crippen MR) is 72.9 cm³/mol. The third-order valence-corrected chi connectivity index (χ3v) is 3.49. The normalized spacial score (nSPS) is 15.2. The molecule has 4 heteroatoms. The third kappa shape index (κ3) is 2.66. The minimum Gasteiger partial charge on any atom is -0.372 e. The van der Waals surface area contributed by atoms with E-state index in [0.717, 1.165) is 18.7 Å². The molecule has 2 heterocycles. The molecular formula is C15H17N3O. The van der Waals surface area contributed by atoms with Gasteiger partial charge in [-0.05, 0) is 28.8 Å². The van der Waals surface area contributed by atoms with Crippen molar-refractivity contribution in [2.45, 2.75) is 25.7 Å². The third-order valence-electron chi connectivity index (χ3n) is 3.49. The molecule has 0 saturated carbocycles. The molecule has 0 spiro atoms. The minimum atomic E-state index is 0.0702. The Balaban J connectivity index is 1.82. The summed E-state index contributed by atoms with van der Waals surface area (Å²) in [6.45, 7) is 1.42. The lowest BCUT2D eigenvalue weighted by molar-refractivity contribution is 0.134. The second kappa shape index (κ2) is 5.48. The second-order valence-electron chi connectivity index (χ2n) is 4.77. The van der Waals surface area contributed by atoms with E-state index >= 15 is 0 Å². The molecule has 3 rings (SSSR count). The molecule has 0 saturated heterocycles. The molecular weight excluding hydrogens is 238 g/mol. The molecule has 0 bridgehead atoms. The Labute approximate surface area is 112 Å². The van der Waals surface area contributed by atoms with E-state index in [2.05, 4.69) is 28.6 Å². The molecule has 3 N–H and O–H groups in total. The number of ether oxygens (including phenoxy) is 1. The van der Waals surface area contributed by atoms with Crippen LogP contribution in [0.3, 0.4) is 0 Å². The van der Waals surface area contributed by atoms with Gasteiger partial charge < -0.3 is 4.74 Å². The van der Waals surface area contributed by atoms with Crippen LogP contribution in [0.15, 0.2) is 42.6 Å². The van der Waals surface area contributed by atoms with Crippen LogP contribution in [0.1, 0.15) is 28.4 Å². The quantitative estimate of drug-likeness (QED) is 0.646. The van der Waals surface area contributed by atoms with Crippen molar-refractivity contribution < 1.29 is 4.74 Å². The first kappa shape index (κ1) is 12.3. The van der Waals surface area contributed by atoms with Crippen LogP contribution < -0.4 is 11.3 Å². The average molecular weight is 255 g/mol. The summed E-state index contributed by atoms with van der Waals surface area (Å²) in [7, 11) is 0. The van der Waals surface area contributed by atoms with Crippen LogP contribution in [0.2, 0.25) is 0 Å². The highest BCUT2D eigenvalue weighted by Gasteiger charge is 2.16. The highest BCUT2D eigenvalue weighted by atomic mass is 16.5. The Morgan fingerprint density at radius 3 is 2.89 bits per heavy atom. The van der Waals surface area contributed by atoms with E-state index in [1.807, 2.05) is 18.2 Å². The minimum absolute atomic E-state index is 0.0702. The molecule has 1 aromatic heterocycles. The van der Waals surface area contributed by atoms with Gasteiger partial charge in [-0.15, -0.1) is 0 Å². The SMILES string of the molecule is NNC(Cc1ccccn1)c1ccc2c(c1)COC2. The van der Waals surface area contributed by atoms with Crippen LogP contribution in [0.4, 0.5) is 0 Å². The molecule has 0 aliphatic carbocycles. The summed E-state index contributed by atoms with van der Waals surface area (Å²) in [5, 5.41) is 0. The van der Waals surface area contributed by atoms with Gasteiger partial charge in [0.15, 0.2) is 0 Å². The van der Waals surface area contributed by atoms with Crippen molar-refractivity contribution in [1.29, 1.82) is 0 Å². The molecule has 1 aromatic carbocycles. The fourth-order valence-electron chi connectivity index (χ4n) is 2.41. The first-order valence-corrected chi connectivity index (χ1v) is 6.42. The first-order valence-electron chi connectivity index (χ1n) is 6.42. The van der Waals surface area contributed by atoms with Crippen molar-refractivity contribution in [3.63, 3.8) is 0 Å². The Hall–Kier alpha value is -1.75. The molecule has 98 valence electrons. The fraction of sp³-hybridized carbons (Fsp3) is 0.267. The number of hydrogen-bond donors (Lipinski definition) is 2. The Kier molecular flexibility index (Phi) is 3.55. The first-order chi connectivity index (χ1) is 9.36. The molecule has 1 atom stereocenters. The zero-order valence-electron chi connectivity index (χ0n) is 10.7. The standard InChI is InChI=1S/C15H17N3O/c16-18-15(8-14-3-1-2-6-17-14)11-4-5-12-9-19-10-13(12)7-11/h1-7,15,18H,8-10,16H2. The average Bonchev–Trinajstić information content (AvgIpc) is 2.93. The van der Waals surface area contributed by atoms with Gasteiger partial charge in [-0.2, -0.15) is 0 Å². The maximum Gasteiger partial charge on any atom is 0.0725 e. The predicted octanol–water partition coefficient (Wildman–Crippen LogP) is 1.86. The van der Waals surface area contributed by atoms with Crippen molar-refractivity contribution in [2.24, 2.45) is 5.84 Å². The number of nitrogens with one attached hydrogen (secondary N) is 1. The van der Waals surface area contributed by atoms with Gasteiger partial charge >= 0.3 is 0 Å². The van der Waals surface area contributed by atoms with Crippen LogP contribution in [0.5, 0.6) is 0 Å². The molecule has 0 fully saturated rings. The van der Waals surface area contributed by atoms with Crippen molar-refractivity contribution in [2.75, 3.05) is 0 Å². The molecule has 0 radical (unpaired) electrons. The van der Waals surface area contributed by atoms with Crippen LogP contribution in [0.25, 0.3) is 0 Å². The van der Waals surface area contributed by atoms with Gasteiger partial charge in [0.1, 0.15) is 0 Å². The number of pyridine rings is 1. The Bertz CT molecular complexity index is 557. The maximum absolute atomic E-state index is 5.69. The van der Waals surface area contributed by atoms with Gasteiger partial charge in [-0.3, -0.25) is 16.3 Å². The van der Waals surface area contributed by atoms with E-state index in [9.17, 15) is 0 Å². The largest absolute Gasteiger partial charge is 0.372 e. The highest BCUT2D eigenvalue weighted by molar-refractivity contribution is 5.35. The van der Waals surface area contributed by atoms with Gasteiger partial charge in [0.2, 0.25) is 0 Å². The van der Waals surface area contributed by atoms with E-state index < -0.39 is 0 Å². The summed E-state index contributed by atoms with van der Waals surface area (Å²) in [4.78, 5) is 4.34. The van der Waals surface area contributed by atoms with Gasteiger partial charge in [0.05, 0.1) is 19.3 Å². The van der Waals surface area contributed by atoms with Gasteiger partial charge in [-0.1, -0.05) is 24.3 Å². The number of benzene rings is 1. The summed E-state index contributed by atoms with van der Waals surface area (Å²) >= 11 is 0. The maximum atomic E-state index is 5.69. The summed E-state index contributed by atoms with van der Waals surface area (Å²) in [5.41, 5.74) is 7.62. The van der Waals surface area contributed by atoms with Gasteiger partial charge in [0.25, 0.3) is 0 Å². The van der Waals surface area contributed by atoms with Gasteiger partial charge in [0, 0.05) is 18.3 Å². The summed E-state index contributed by atoms with van der Waals surface area (Å²) in [6, 6.07) is 12.4. The summed E-state index contributed by atoms with van der Waals surface area (Å²) in [5.74, 6) is 5.69. The van der Waals surface area contributed by atoms with Gasteiger partial charge in [-0.25, -0.2) is 0 Å². The summed E-state index contributed by atoms with van der Waals surface area (Å²) in [6.07, 6.45) is 2.58. The van der Waals surface area contributed by atoms with Crippen molar-refractivity contribution in [1.82, 2.24) is 10.4 Å². The van der Waals surface area contributed by atoms with E-state index in [-0.39, 0.29) is 6.04 Å². The lowest BCUT2D eigenvalue weighted by Gasteiger charge is -2.16. The van der Waals surface area contributed by atoms with Crippen molar-refractivity contribution in [3.05, 3.63) is 65.0 Å². The number of nitrogens with two attached hydrogens (primary N) is 1. The van der Waals surface area contributed by atoms with Crippen LogP contribution in [-0.2, 0) is 24.4 Å². The number of aromatic nitrogens is 1. The topological polar surface area (TPSA) is 60.2 Å². The smallest absolute Gasteiger partial charge is 0.0725 e. The Morgan fingerprint density at radius 2 is 2.11 bits per heavy atom. The van der Waals surface area contributed by atoms with Crippen LogP contribution in [0, 0.1) is 0 Å². The molecule has 4 nitrogen and oxygen atoms in total. The zero-order chi connectivity index (χ0) is 13.1. The zero-order valence-corrected chi connectivity index (χ0v) is 10.7. The number of hydrogen-bond acceptors (Lipinski definition) is 4. The van der Waals surface area contributed by atoms with E-state index in [1.165, 1.54) is 16.7 Å². The molecule has 1 unspecified atom stereocenters. The molecule has 19 heavy (non-hydrogen) atoms. The van der Waals surface area contributed by atoms with Crippen molar-refractivity contribution in [3.8, 4) is 0 Å². The molecule has 2 aromatic rings. The van der Waals surface area contributed by atoms with Crippen LogP contribution >= 0.6 is 0 Å².